The predicted octanol–water partition coefficient (Wildman–Crippen LogP) is 2.03. The van der Waals surface area contributed by atoms with Gasteiger partial charge in [-0.1, -0.05) is 19.3 Å². The Morgan fingerprint density at radius 3 is 2.56 bits per heavy atom. The molecule has 1 aromatic heterocycles. The third-order valence-corrected chi connectivity index (χ3v) is 0.779. The van der Waals surface area contributed by atoms with Gasteiger partial charge in [-0.3, -0.25) is 0 Å². The molecule has 0 fully saturated rings. The first kappa shape index (κ1) is 9.15. The number of rotatable bonds is 0. The molecule has 0 aliphatic rings. The molecule has 0 aromatic carbocycles. The molecule has 0 aliphatic heterocycles. The summed E-state index contributed by atoms with van der Waals surface area (Å²) in [5.41, 5.74) is 1.20. The van der Waals surface area contributed by atoms with E-state index in [1.54, 1.807) is 6.20 Å². The van der Waals surface area contributed by atoms with E-state index in [1.165, 1.54) is 5.56 Å². The molecule has 0 aliphatic carbocycles. The SMILES string of the molecule is Cc1c[c-]ncc1.[Cu+][Br]. The van der Waals surface area contributed by atoms with Crippen LogP contribution in [0.2, 0.25) is 0 Å². The summed E-state index contributed by atoms with van der Waals surface area (Å²) in [6.45, 7) is 2.01. The topological polar surface area (TPSA) is 12.9 Å². The molecule has 9 heavy (non-hydrogen) atoms. The number of hydrogen-bond acceptors (Lipinski definition) is 1. The first-order valence-electron chi connectivity index (χ1n) is 2.30. The van der Waals surface area contributed by atoms with Gasteiger partial charge in [0, 0.05) is 0 Å². The van der Waals surface area contributed by atoms with Gasteiger partial charge < -0.3 is 4.98 Å². The normalized spacial score (nSPS) is 7.56. The first-order valence-corrected chi connectivity index (χ1v) is 4.62. The van der Waals surface area contributed by atoms with Crippen molar-refractivity contribution >= 4 is 14.1 Å². The molecule has 53 valence electrons. The molecule has 0 spiro atoms. The minimum atomic E-state index is 1.20. The van der Waals surface area contributed by atoms with Gasteiger partial charge in [0.05, 0.1) is 0 Å². The van der Waals surface area contributed by atoms with E-state index in [9.17, 15) is 0 Å². The molecular formula is C6H6BrCuN. The number of halogens is 1. The van der Waals surface area contributed by atoms with Crippen LogP contribution in [0.3, 0.4) is 0 Å². The van der Waals surface area contributed by atoms with Crippen LogP contribution in [0.5, 0.6) is 0 Å². The fraction of sp³-hybridized carbons (Fsp3) is 0.167. The van der Waals surface area contributed by atoms with E-state index in [1.807, 2.05) is 19.1 Å². The maximum absolute atomic E-state index is 4.00. The summed E-state index contributed by atoms with van der Waals surface area (Å²) < 4.78 is 0. The molecule has 1 nitrogen and oxygen atoms in total. The Balaban J connectivity index is 0.000000291. The second-order valence-electron chi connectivity index (χ2n) is 1.46. The van der Waals surface area contributed by atoms with E-state index >= 15 is 0 Å². The summed E-state index contributed by atoms with van der Waals surface area (Å²) in [6.07, 6.45) is 4.44. The Hall–Kier alpha value is 0.149. The summed E-state index contributed by atoms with van der Waals surface area (Å²) in [5.74, 6) is 0. The van der Waals surface area contributed by atoms with Gasteiger partial charge in [-0.2, -0.15) is 17.7 Å². The van der Waals surface area contributed by atoms with Crippen molar-refractivity contribution < 1.29 is 14.2 Å². The number of pyridine rings is 1. The summed E-state index contributed by atoms with van der Waals surface area (Å²) in [6, 6.07) is 3.79. The van der Waals surface area contributed by atoms with E-state index in [0.717, 1.165) is 0 Å². The number of aryl methyl sites for hydroxylation is 1. The van der Waals surface area contributed by atoms with Crippen LogP contribution in [0.4, 0.5) is 0 Å². The summed E-state index contributed by atoms with van der Waals surface area (Å²) in [4.78, 5) is 3.72. The van der Waals surface area contributed by atoms with E-state index in [0.29, 0.717) is 0 Å². The van der Waals surface area contributed by atoms with Crippen LogP contribution in [0.25, 0.3) is 0 Å². The third kappa shape index (κ3) is 4.64. The maximum atomic E-state index is 4.00. The van der Waals surface area contributed by atoms with Crippen molar-refractivity contribution in [3.63, 3.8) is 0 Å². The first-order chi connectivity index (χ1) is 4.39. The van der Waals surface area contributed by atoms with Crippen molar-refractivity contribution in [2.45, 2.75) is 6.92 Å². The average Bonchev–Trinajstić information content (AvgIpc) is 1.94. The van der Waals surface area contributed by atoms with Crippen molar-refractivity contribution in [2.75, 3.05) is 0 Å². The van der Waals surface area contributed by atoms with Gasteiger partial charge in [-0.15, -0.1) is 0 Å². The molecule has 0 amide bonds. The molecule has 0 N–H and O–H groups in total. The van der Waals surface area contributed by atoms with E-state index in [2.05, 4.69) is 39.5 Å². The van der Waals surface area contributed by atoms with Gasteiger partial charge in [0.25, 0.3) is 0 Å². The van der Waals surface area contributed by atoms with Crippen LogP contribution in [-0.4, -0.2) is 4.98 Å². The Labute approximate surface area is 70.4 Å². The Bertz CT molecular complexity index is 143. The molecule has 0 saturated heterocycles. The average molecular weight is 236 g/mol. The zero-order valence-electron chi connectivity index (χ0n) is 4.86. The predicted molar refractivity (Wildman–Crippen MR) is 36.7 cm³/mol. The molecule has 1 aromatic rings. The van der Waals surface area contributed by atoms with Gasteiger partial charge in [0.15, 0.2) is 0 Å². The summed E-state index contributed by atoms with van der Waals surface area (Å²) >= 11 is 6.50. The Kier molecular flexibility index (Phi) is 6.38. The minimum absolute atomic E-state index is 1.20. The number of hydrogen-bond donors (Lipinski definition) is 0. The van der Waals surface area contributed by atoms with Crippen LogP contribution in [0.15, 0.2) is 18.3 Å². The molecule has 1 heterocycles. The van der Waals surface area contributed by atoms with Gasteiger partial charge in [0.1, 0.15) is 0 Å². The number of aromatic nitrogens is 1. The van der Waals surface area contributed by atoms with Gasteiger partial charge in [-0.25, -0.2) is 0 Å². The van der Waals surface area contributed by atoms with Crippen LogP contribution in [0, 0.1) is 13.1 Å². The summed E-state index contributed by atoms with van der Waals surface area (Å²) in [7, 11) is 0. The van der Waals surface area contributed by atoms with Crippen LogP contribution in [-0.2, 0) is 14.2 Å². The fourth-order valence-electron chi connectivity index (χ4n) is 0.385. The fourth-order valence-corrected chi connectivity index (χ4v) is 0.385. The zero-order chi connectivity index (χ0) is 7.11. The zero-order valence-corrected chi connectivity index (χ0v) is 7.39. The van der Waals surface area contributed by atoms with Gasteiger partial charge >= 0.3 is 28.3 Å². The monoisotopic (exact) mass is 234 g/mol. The molecule has 3 heteroatoms. The van der Waals surface area contributed by atoms with Crippen LogP contribution in [0.1, 0.15) is 5.56 Å². The van der Waals surface area contributed by atoms with Crippen molar-refractivity contribution in [1.82, 2.24) is 4.98 Å². The van der Waals surface area contributed by atoms with E-state index in [4.69, 9.17) is 0 Å². The quantitative estimate of drug-likeness (QED) is 0.495. The second kappa shape index (κ2) is 6.27. The Morgan fingerprint density at radius 2 is 2.33 bits per heavy atom. The van der Waals surface area contributed by atoms with Crippen LogP contribution < -0.4 is 0 Å². The number of nitrogens with zero attached hydrogens (tertiary/aromatic N) is 1. The van der Waals surface area contributed by atoms with Crippen LogP contribution >= 0.6 is 14.1 Å². The van der Waals surface area contributed by atoms with Crippen molar-refractivity contribution in [3.8, 4) is 0 Å². The molecule has 0 saturated carbocycles. The molecule has 0 atom stereocenters. The van der Waals surface area contributed by atoms with E-state index in [-0.39, 0.29) is 0 Å². The standard InChI is InChI=1S/C6H6N.BrH.Cu/c1-6-2-4-7-5-3-6;;/h2-4H,1H3;1H;/q-1;;+2/p-1. The molecule has 0 unspecified atom stereocenters. The van der Waals surface area contributed by atoms with Crippen molar-refractivity contribution in [3.05, 3.63) is 30.1 Å². The molecule has 1 rings (SSSR count). The van der Waals surface area contributed by atoms with Gasteiger partial charge in [0.2, 0.25) is 0 Å². The molecule has 0 radical (unpaired) electrons. The summed E-state index contributed by atoms with van der Waals surface area (Å²) in [5, 5.41) is 0. The third-order valence-electron chi connectivity index (χ3n) is 0.779. The van der Waals surface area contributed by atoms with E-state index < -0.39 is 0 Å². The molecule has 0 bridgehead atoms. The van der Waals surface area contributed by atoms with Crippen molar-refractivity contribution in [1.29, 1.82) is 0 Å². The second-order valence-corrected chi connectivity index (χ2v) is 1.46. The Morgan fingerprint density at radius 1 is 1.67 bits per heavy atom. The van der Waals surface area contributed by atoms with Crippen molar-refractivity contribution in [2.24, 2.45) is 0 Å². The van der Waals surface area contributed by atoms with Gasteiger partial charge in [-0.05, 0) is 0 Å². The molecular weight excluding hydrogens is 230 g/mol.